The first-order chi connectivity index (χ1) is 23.8. The summed E-state index contributed by atoms with van der Waals surface area (Å²) in [5.74, 6) is 0.828. The molecule has 222 valence electrons. The fourth-order valence-electron chi connectivity index (χ4n) is 7.81. The first-order valence-electron chi connectivity index (χ1n) is 16.2. The molecule has 0 amide bonds. The van der Waals surface area contributed by atoms with Crippen molar-refractivity contribution in [2.45, 2.75) is 0 Å². The standard InChI is InChI=1S/C43H25N5/c1-2-11-28(12-3-1)47-37-18-9-6-14-30(37)31-21-20-26(25-39(31)47)27-23-33-29-13-4-5-15-32(29)41-43(46-36-17-8-7-16-35(36)45-41)48-38-19-10-22-44-40(38)34(24-27)42(33)48/h1-25H. The molecule has 6 aromatic carbocycles. The van der Waals surface area contributed by atoms with Gasteiger partial charge in [-0.1, -0.05) is 84.9 Å². The minimum atomic E-state index is 0.828. The van der Waals surface area contributed by atoms with Crippen LogP contribution in [0.15, 0.2) is 152 Å². The van der Waals surface area contributed by atoms with Gasteiger partial charge in [-0.05, 0) is 77.4 Å². The second-order valence-corrected chi connectivity index (χ2v) is 12.5. The van der Waals surface area contributed by atoms with E-state index in [9.17, 15) is 0 Å². The molecule has 1 aliphatic heterocycles. The van der Waals surface area contributed by atoms with Gasteiger partial charge in [0.2, 0.25) is 0 Å². The molecule has 5 heterocycles. The number of fused-ring (bicyclic) bond motifs is 12. The molecule has 11 rings (SSSR count). The van der Waals surface area contributed by atoms with E-state index < -0.39 is 0 Å². The predicted molar refractivity (Wildman–Crippen MR) is 196 cm³/mol. The normalized spacial score (nSPS) is 12.2. The van der Waals surface area contributed by atoms with Gasteiger partial charge in [-0.2, -0.15) is 0 Å². The van der Waals surface area contributed by atoms with Crippen molar-refractivity contribution in [2.75, 3.05) is 0 Å². The summed E-state index contributed by atoms with van der Waals surface area (Å²) in [6.07, 6.45) is 1.88. The molecule has 10 aromatic rings. The second kappa shape index (κ2) is 9.47. The number of aromatic nitrogens is 5. The average molecular weight is 612 g/mol. The second-order valence-electron chi connectivity index (χ2n) is 12.5. The third kappa shape index (κ3) is 3.42. The van der Waals surface area contributed by atoms with Gasteiger partial charge in [0.1, 0.15) is 5.69 Å². The van der Waals surface area contributed by atoms with Crippen molar-refractivity contribution in [1.82, 2.24) is 24.1 Å². The quantitative estimate of drug-likeness (QED) is 0.195. The van der Waals surface area contributed by atoms with Crippen LogP contribution in [0, 0.1) is 0 Å². The minimum absolute atomic E-state index is 0.828. The van der Waals surface area contributed by atoms with Gasteiger partial charge in [0.25, 0.3) is 0 Å². The minimum Gasteiger partial charge on any atom is -0.309 e. The van der Waals surface area contributed by atoms with Gasteiger partial charge in [-0.15, -0.1) is 0 Å². The zero-order chi connectivity index (χ0) is 31.3. The fraction of sp³-hybridized carbons (Fsp3) is 0. The summed E-state index contributed by atoms with van der Waals surface area (Å²) < 4.78 is 4.66. The molecule has 48 heavy (non-hydrogen) atoms. The van der Waals surface area contributed by atoms with E-state index in [1.165, 1.54) is 21.8 Å². The van der Waals surface area contributed by atoms with E-state index in [1.54, 1.807) is 0 Å². The van der Waals surface area contributed by atoms with Gasteiger partial charge in [-0.3, -0.25) is 9.55 Å². The molecule has 0 fully saturated rings. The Bertz CT molecular complexity index is 2950. The molecule has 4 aromatic heterocycles. The van der Waals surface area contributed by atoms with Crippen LogP contribution in [-0.4, -0.2) is 24.1 Å². The van der Waals surface area contributed by atoms with E-state index >= 15 is 0 Å². The Labute approximate surface area is 275 Å². The smallest absolute Gasteiger partial charge is 0.165 e. The number of rotatable bonds is 2. The van der Waals surface area contributed by atoms with Crippen molar-refractivity contribution in [3.63, 3.8) is 0 Å². The maximum atomic E-state index is 5.26. The van der Waals surface area contributed by atoms with Crippen molar-refractivity contribution in [2.24, 2.45) is 0 Å². The summed E-state index contributed by atoms with van der Waals surface area (Å²) in [5.41, 5.74) is 14.9. The van der Waals surface area contributed by atoms with Crippen LogP contribution in [0.5, 0.6) is 0 Å². The van der Waals surface area contributed by atoms with E-state index in [4.69, 9.17) is 15.0 Å². The number of nitrogens with zero attached hydrogens (tertiary/aromatic N) is 5. The van der Waals surface area contributed by atoms with Crippen molar-refractivity contribution in [3.8, 4) is 45.0 Å². The van der Waals surface area contributed by atoms with E-state index in [2.05, 4.69) is 124 Å². The Morgan fingerprint density at radius 1 is 0.438 bits per heavy atom. The SMILES string of the molecule is c1ccc(-n2c3ccccc3c3ccc(-c4cc5c6c(c4)c4ncccc4n6-c4nc6ccccc6nc4-c4ccccc4-5)cc32)cc1. The third-order valence-electron chi connectivity index (χ3n) is 9.87. The number of hydrogen-bond donors (Lipinski definition) is 0. The molecule has 0 saturated heterocycles. The largest absolute Gasteiger partial charge is 0.309 e. The molecule has 0 radical (unpaired) electrons. The van der Waals surface area contributed by atoms with Crippen molar-refractivity contribution in [3.05, 3.63) is 152 Å². The number of benzene rings is 6. The Morgan fingerprint density at radius 2 is 1.17 bits per heavy atom. The highest BCUT2D eigenvalue weighted by Gasteiger charge is 2.28. The lowest BCUT2D eigenvalue weighted by Crippen LogP contribution is -2.02. The van der Waals surface area contributed by atoms with E-state index in [-0.39, 0.29) is 0 Å². The molecular weight excluding hydrogens is 587 g/mol. The van der Waals surface area contributed by atoms with Gasteiger partial charge < -0.3 is 4.57 Å². The van der Waals surface area contributed by atoms with Gasteiger partial charge >= 0.3 is 0 Å². The molecule has 0 spiro atoms. The Morgan fingerprint density at radius 3 is 2.06 bits per heavy atom. The highest BCUT2D eigenvalue weighted by Crippen LogP contribution is 2.47. The predicted octanol–water partition coefficient (Wildman–Crippen LogP) is 10.5. The first kappa shape index (κ1) is 25.6. The monoisotopic (exact) mass is 611 g/mol. The summed E-state index contributed by atoms with van der Waals surface area (Å²) in [6.45, 7) is 0. The van der Waals surface area contributed by atoms with Crippen LogP contribution in [0.3, 0.4) is 0 Å². The highest BCUT2D eigenvalue weighted by molar-refractivity contribution is 6.17. The number of para-hydroxylation sites is 4. The van der Waals surface area contributed by atoms with Crippen LogP contribution < -0.4 is 0 Å². The van der Waals surface area contributed by atoms with E-state index in [0.717, 1.165) is 78.0 Å². The van der Waals surface area contributed by atoms with Gasteiger partial charge in [-0.25, -0.2) is 9.97 Å². The first-order valence-corrected chi connectivity index (χ1v) is 16.2. The van der Waals surface area contributed by atoms with Gasteiger partial charge in [0, 0.05) is 39.2 Å². The summed E-state index contributed by atoms with van der Waals surface area (Å²) in [4.78, 5) is 15.5. The number of pyridine rings is 1. The molecule has 0 atom stereocenters. The average Bonchev–Trinajstić information content (AvgIpc) is 3.63. The summed E-state index contributed by atoms with van der Waals surface area (Å²) in [7, 11) is 0. The lowest BCUT2D eigenvalue weighted by molar-refractivity contribution is 1.08. The topological polar surface area (TPSA) is 48.5 Å². The van der Waals surface area contributed by atoms with Crippen LogP contribution >= 0.6 is 0 Å². The van der Waals surface area contributed by atoms with Crippen LogP contribution in [0.4, 0.5) is 0 Å². The lowest BCUT2D eigenvalue weighted by atomic mass is 9.93. The lowest BCUT2D eigenvalue weighted by Gasteiger charge is -2.12. The van der Waals surface area contributed by atoms with Crippen molar-refractivity contribution in [1.29, 1.82) is 0 Å². The summed E-state index contributed by atoms with van der Waals surface area (Å²) in [5, 5.41) is 3.58. The Hall–Kier alpha value is -6.59. The molecule has 0 bridgehead atoms. The van der Waals surface area contributed by atoms with Crippen molar-refractivity contribution >= 4 is 54.8 Å². The maximum absolute atomic E-state index is 5.26. The van der Waals surface area contributed by atoms with Gasteiger partial charge in [0.05, 0.1) is 38.6 Å². The zero-order valence-electron chi connectivity index (χ0n) is 25.7. The molecule has 0 N–H and O–H groups in total. The molecular formula is C43H25N5. The number of hydrogen-bond acceptors (Lipinski definition) is 3. The highest BCUT2D eigenvalue weighted by atomic mass is 15.1. The van der Waals surface area contributed by atoms with Gasteiger partial charge in [0.15, 0.2) is 5.82 Å². The summed E-state index contributed by atoms with van der Waals surface area (Å²) in [6, 6.07) is 51.7. The Kier molecular flexibility index (Phi) is 5.05. The van der Waals surface area contributed by atoms with Crippen LogP contribution in [0.25, 0.3) is 99.8 Å². The zero-order valence-corrected chi connectivity index (χ0v) is 25.7. The van der Waals surface area contributed by atoms with Crippen LogP contribution in [-0.2, 0) is 0 Å². The van der Waals surface area contributed by atoms with Crippen LogP contribution in [0.1, 0.15) is 0 Å². The fourth-order valence-corrected chi connectivity index (χ4v) is 7.81. The van der Waals surface area contributed by atoms with Crippen molar-refractivity contribution < 1.29 is 0 Å². The molecule has 5 nitrogen and oxygen atoms in total. The summed E-state index contributed by atoms with van der Waals surface area (Å²) >= 11 is 0. The molecule has 0 unspecified atom stereocenters. The van der Waals surface area contributed by atoms with E-state index in [0.29, 0.717) is 0 Å². The molecule has 0 aliphatic carbocycles. The Balaban J connectivity index is 1.26. The molecule has 0 saturated carbocycles. The molecule has 1 aliphatic rings. The molecule has 5 heteroatoms. The van der Waals surface area contributed by atoms with Crippen LogP contribution in [0.2, 0.25) is 0 Å². The maximum Gasteiger partial charge on any atom is 0.165 e. The third-order valence-corrected chi connectivity index (χ3v) is 9.87. The van der Waals surface area contributed by atoms with E-state index in [1.807, 2.05) is 36.5 Å².